The number of carbonyl (C=O) groups is 2. The SMILES string of the molecule is CC(C)(C)OC(=O)NCCSC1CC2=CC(=O)OC23CC1N1CCCCC13. The zero-order valence-corrected chi connectivity index (χ0v) is 17.3. The van der Waals surface area contributed by atoms with E-state index < -0.39 is 5.60 Å². The van der Waals surface area contributed by atoms with Gasteiger partial charge in [0.15, 0.2) is 5.60 Å². The Balaban J connectivity index is 1.36. The largest absolute Gasteiger partial charge is 0.450 e. The third kappa shape index (κ3) is 3.60. The number of piperidine rings is 1. The molecule has 1 amide bonds. The summed E-state index contributed by atoms with van der Waals surface area (Å²) in [5, 5.41) is 3.29. The van der Waals surface area contributed by atoms with E-state index in [1.807, 2.05) is 32.5 Å². The average Bonchev–Trinajstić information content (AvgIpc) is 3.06. The molecule has 4 unspecified atom stereocenters. The van der Waals surface area contributed by atoms with Crippen molar-refractivity contribution in [3.05, 3.63) is 11.6 Å². The first-order valence-corrected chi connectivity index (χ1v) is 11.1. The fourth-order valence-electron chi connectivity index (χ4n) is 5.19. The zero-order chi connectivity index (χ0) is 19.2. The van der Waals surface area contributed by atoms with Gasteiger partial charge in [-0.1, -0.05) is 6.42 Å². The van der Waals surface area contributed by atoms with Crippen molar-refractivity contribution in [3.8, 4) is 0 Å². The number of amides is 1. The van der Waals surface area contributed by atoms with Crippen LogP contribution in [0.2, 0.25) is 0 Å². The molecule has 150 valence electrons. The maximum absolute atomic E-state index is 12.0. The van der Waals surface area contributed by atoms with Crippen LogP contribution in [-0.4, -0.2) is 64.3 Å². The molecule has 3 fully saturated rings. The van der Waals surface area contributed by atoms with Gasteiger partial charge in [-0.05, 0) is 52.2 Å². The summed E-state index contributed by atoms with van der Waals surface area (Å²) in [6, 6.07) is 0.823. The van der Waals surface area contributed by atoms with Crippen LogP contribution in [0.4, 0.5) is 4.79 Å². The zero-order valence-electron chi connectivity index (χ0n) is 16.5. The molecule has 0 aromatic rings. The van der Waals surface area contributed by atoms with E-state index in [0.717, 1.165) is 31.6 Å². The molecule has 1 spiro atoms. The van der Waals surface area contributed by atoms with Gasteiger partial charge in [0, 0.05) is 36.1 Å². The normalized spacial score (nSPS) is 35.1. The van der Waals surface area contributed by atoms with E-state index in [9.17, 15) is 9.59 Å². The lowest BCUT2D eigenvalue weighted by Crippen LogP contribution is -2.48. The summed E-state index contributed by atoms with van der Waals surface area (Å²) in [4.78, 5) is 26.4. The monoisotopic (exact) mass is 394 g/mol. The topological polar surface area (TPSA) is 67.9 Å². The lowest BCUT2D eigenvalue weighted by atomic mass is 9.77. The molecule has 4 atom stereocenters. The van der Waals surface area contributed by atoms with Gasteiger partial charge in [-0.15, -0.1) is 0 Å². The van der Waals surface area contributed by atoms with E-state index in [4.69, 9.17) is 9.47 Å². The van der Waals surface area contributed by atoms with Crippen LogP contribution in [0.15, 0.2) is 11.6 Å². The van der Waals surface area contributed by atoms with E-state index in [1.165, 1.54) is 18.4 Å². The maximum atomic E-state index is 12.0. The minimum absolute atomic E-state index is 0.159. The van der Waals surface area contributed by atoms with Crippen molar-refractivity contribution in [1.82, 2.24) is 10.2 Å². The number of rotatable bonds is 4. The molecule has 7 heteroatoms. The Kier molecular flexibility index (Phi) is 4.95. The number of fused-ring (bicyclic) bond motifs is 3. The minimum Gasteiger partial charge on any atom is -0.450 e. The molecule has 3 heterocycles. The number of hydrogen-bond acceptors (Lipinski definition) is 6. The predicted octanol–water partition coefficient (Wildman–Crippen LogP) is 2.87. The molecule has 2 bridgehead atoms. The number of ether oxygens (including phenoxy) is 2. The second-order valence-electron chi connectivity index (χ2n) is 9.04. The quantitative estimate of drug-likeness (QED) is 0.584. The first kappa shape index (κ1) is 19.1. The Bertz CT molecular complexity index is 659. The highest BCUT2D eigenvalue weighted by Gasteiger charge is 2.63. The fraction of sp³-hybridized carbons (Fsp3) is 0.800. The van der Waals surface area contributed by atoms with Crippen molar-refractivity contribution in [1.29, 1.82) is 0 Å². The van der Waals surface area contributed by atoms with Gasteiger partial charge in [0.05, 0.1) is 6.04 Å². The Hall–Kier alpha value is -1.21. The van der Waals surface area contributed by atoms with Gasteiger partial charge >= 0.3 is 12.1 Å². The summed E-state index contributed by atoms with van der Waals surface area (Å²) in [6.07, 6.45) is 6.82. The smallest absolute Gasteiger partial charge is 0.407 e. The number of alkyl carbamates (subject to hydrolysis) is 1. The standard InChI is InChI=1S/C20H30N2O4S/c1-19(2,3)26-18(24)21-7-9-27-15-10-13-11-17(23)25-20(13)12-14(15)22-8-5-4-6-16(20)22/h11,14-16H,4-10,12H2,1-3H3,(H,21,24). The van der Waals surface area contributed by atoms with Crippen LogP contribution in [0.5, 0.6) is 0 Å². The van der Waals surface area contributed by atoms with Gasteiger partial charge in [0.1, 0.15) is 5.60 Å². The van der Waals surface area contributed by atoms with Gasteiger partial charge in [-0.25, -0.2) is 9.59 Å². The molecule has 4 aliphatic rings. The Labute approximate surface area is 165 Å². The van der Waals surface area contributed by atoms with Crippen LogP contribution < -0.4 is 5.32 Å². The Morgan fingerprint density at radius 3 is 3.04 bits per heavy atom. The van der Waals surface area contributed by atoms with Crippen molar-refractivity contribution in [2.45, 2.75) is 81.4 Å². The van der Waals surface area contributed by atoms with E-state index in [1.54, 1.807) is 6.08 Å². The molecule has 1 saturated carbocycles. The van der Waals surface area contributed by atoms with Crippen molar-refractivity contribution >= 4 is 23.8 Å². The third-order valence-corrected chi connectivity index (χ3v) is 7.44. The van der Waals surface area contributed by atoms with E-state index in [2.05, 4.69) is 10.2 Å². The first-order chi connectivity index (χ1) is 12.8. The first-order valence-electron chi connectivity index (χ1n) is 10.1. The van der Waals surface area contributed by atoms with Crippen LogP contribution in [0, 0.1) is 0 Å². The van der Waals surface area contributed by atoms with Crippen LogP contribution in [0.1, 0.15) is 52.9 Å². The van der Waals surface area contributed by atoms with Crippen molar-refractivity contribution in [3.63, 3.8) is 0 Å². The molecule has 6 nitrogen and oxygen atoms in total. The van der Waals surface area contributed by atoms with Gasteiger partial charge < -0.3 is 14.8 Å². The van der Waals surface area contributed by atoms with Crippen LogP contribution >= 0.6 is 11.8 Å². The second-order valence-corrected chi connectivity index (χ2v) is 10.4. The molecule has 0 radical (unpaired) electrons. The number of nitrogens with one attached hydrogen (secondary N) is 1. The summed E-state index contributed by atoms with van der Waals surface area (Å²) in [6.45, 7) is 7.29. The minimum atomic E-state index is -0.474. The molecule has 3 aliphatic heterocycles. The highest BCUT2D eigenvalue weighted by molar-refractivity contribution is 8.00. The molecular weight excluding hydrogens is 364 g/mol. The van der Waals surface area contributed by atoms with Gasteiger partial charge in [0.25, 0.3) is 0 Å². The molecule has 4 rings (SSSR count). The highest BCUT2D eigenvalue weighted by atomic mass is 32.2. The fourth-order valence-corrected chi connectivity index (χ4v) is 6.48. The number of thioether (sulfide) groups is 1. The highest BCUT2D eigenvalue weighted by Crippen LogP contribution is 2.55. The Morgan fingerprint density at radius 2 is 2.26 bits per heavy atom. The number of esters is 1. The van der Waals surface area contributed by atoms with Crippen LogP contribution in [0.3, 0.4) is 0 Å². The van der Waals surface area contributed by atoms with E-state index >= 15 is 0 Å². The summed E-state index contributed by atoms with van der Waals surface area (Å²) in [7, 11) is 0. The second kappa shape index (κ2) is 6.99. The third-order valence-electron chi connectivity index (χ3n) is 6.09. The molecule has 1 aliphatic carbocycles. The predicted molar refractivity (Wildman–Crippen MR) is 105 cm³/mol. The molecule has 27 heavy (non-hydrogen) atoms. The summed E-state index contributed by atoms with van der Waals surface area (Å²) >= 11 is 1.90. The molecule has 0 aromatic heterocycles. The van der Waals surface area contributed by atoms with Crippen LogP contribution in [0.25, 0.3) is 0 Å². The van der Waals surface area contributed by atoms with E-state index in [-0.39, 0.29) is 17.7 Å². The van der Waals surface area contributed by atoms with Crippen molar-refractivity contribution in [2.24, 2.45) is 0 Å². The van der Waals surface area contributed by atoms with Gasteiger partial charge in [0.2, 0.25) is 0 Å². The molecular formula is C20H30N2O4S. The summed E-state index contributed by atoms with van der Waals surface area (Å²) in [5.74, 6) is 0.682. The van der Waals surface area contributed by atoms with Gasteiger partial charge in [-0.3, -0.25) is 4.90 Å². The average molecular weight is 395 g/mol. The lowest BCUT2D eigenvalue weighted by molar-refractivity contribution is -0.148. The number of hydrogen-bond donors (Lipinski definition) is 1. The molecule has 0 aromatic carbocycles. The Morgan fingerprint density at radius 1 is 1.44 bits per heavy atom. The van der Waals surface area contributed by atoms with Gasteiger partial charge in [-0.2, -0.15) is 11.8 Å². The maximum Gasteiger partial charge on any atom is 0.407 e. The number of carbonyl (C=O) groups excluding carboxylic acids is 2. The summed E-state index contributed by atoms with van der Waals surface area (Å²) in [5.41, 5.74) is 0.391. The number of nitrogens with zero attached hydrogens (tertiary/aromatic N) is 1. The molecule has 1 N–H and O–H groups in total. The van der Waals surface area contributed by atoms with E-state index in [0.29, 0.717) is 23.9 Å². The van der Waals surface area contributed by atoms with Crippen LogP contribution in [-0.2, 0) is 14.3 Å². The molecule has 2 saturated heterocycles. The van der Waals surface area contributed by atoms with Crippen molar-refractivity contribution < 1.29 is 19.1 Å². The summed E-state index contributed by atoms with van der Waals surface area (Å²) < 4.78 is 11.2. The lowest BCUT2D eigenvalue weighted by Gasteiger charge is -2.38. The van der Waals surface area contributed by atoms with Crippen molar-refractivity contribution in [2.75, 3.05) is 18.8 Å².